The highest BCUT2D eigenvalue weighted by atomic mass is 32.2. The first kappa shape index (κ1) is 19.8. The van der Waals surface area contributed by atoms with Gasteiger partial charge in [-0.05, 0) is 36.4 Å². The molecule has 1 aromatic heterocycles. The number of amides is 1. The molecule has 0 radical (unpaired) electrons. The highest BCUT2D eigenvalue weighted by molar-refractivity contribution is 7.93. The van der Waals surface area contributed by atoms with Crippen LogP contribution < -0.4 is 10.0 Å². The van der Waals surface area contributed by atoms with E-state index in [0.29, 0.717) is 0 Å². The molecule has 3 aromatic rings. The number of hydrogen-bond donors (Lipinski definition) is 2. The second kappa shape index (κ2) is 7.60. The van der Waals surface area contributed by atoms with Gasteiger partial charge in [0.2, 0.25) is 0 Å². The molecule has 1 heterocycles. The zero-order chi connectivity index (χ0) is 20.4. The third-order valence-electron chi connectivity index (χ3n) is 3.55. The molecule has 0 saturated carbocycles. The van der Waals surface area contributed by atoms with Gasteiger partial charge in [-0.1, -0.05) is 12.1 Å². The van der Waals surface area contributed by atoms with Gasteiger partial charge in [0, 0.05) is 17.3 Å². The van der Waals surface area contributed by atoms with Crippen LogP contribution in [-0.4, -0.2) is 19.3 Å². The molecule has 0 aliphatic rings. The van der Waals surface area contributed by atoms with Crippen molar-refractivity contribution in [3.63, 3.8) is 0 Å². The molecule has 146 valence electrons. The summed E-state index contributed by atoms with van der Waals surface area (Å²) in [6.45, 7) is 0. The molecule has 11 heteroatoms. The molecule has 0 saturated heterocycles. The first-order valence-corrected chi connectivity index (χ1v) is 10.0. The Bertz CT molecular complexity index is 1080. The summed E-state index contributed by atoms with van der Waals surface area (Å²) in [5, 5.41) is 4.13. The monoisotopic (exact) mass is 427 g/mol. The molecule has 6 nitrogen and oxygen atoms in total. The lowest BCUT2D eigenvalue weighted by Gasteiger charge is -2.13. The van der Waals surface area contributed by atoms with Crippen LogP contribution >= 0.6 is 11.3 Å². The fourth-order valence-electron chi connectivity index (χ4n) is 2.29. The topological polar surface area (TPSA) is 88.2 Å². The van der Waals surface area contributed by atoms with Crippen molar-refractivity contribution in [2.24, 2.45) is 0 Å². The average molecular weight is 427 g/mol. The van der Waals surface area contributed by atoms with Gasteiger partial charge in [-0.2, -0.15) is 13.2 Å². The average Bonchev–Trinajstić information content (AvgIpc) is 3.13. The van der Waals surface area contributed by atoms with E-state index in [1.165, 1.54) is 42.6 Å². The van der Waals surface area contributed by atoms with Gasteiger partial charge in [-0.3, -0.25) is 9.52 Å². The Hall–Kier alpha value is -2.92. The normalized spacial score (nSPS) is 11.8. The van der Waals surface area contributed by atoms with Crippen LogP contribution in [0.5, 0.6) is 0 Å². The third-order valence-corrected chi connectivity index (χ3v) is 5.73. The van der Waals surface area contributed by atoms with Gasteiger partial charge in [0.1, 0.15) is 0 Å². The summed E-state index contributed by atoms with van der Waals surface area (Å²) in [6.07, 6.45) is -3.23. The first-order chi connectivity index (χ1) is 13.2. The molecule has 0 fully saturated rings. The van der Waals surface area contributed by atoms with Crippen molar-refractivity contribution in [1.82, 2.24) is 4.98 Å². The van der Waals surface area contributed by atoms with Crippen LogP contribution in [0.3, 0.4) is 0 Å². The molecule has 3 rings (SSSR count). The molecule has 0 atom stereocenters. The van der Waals surface area contributed by atoms with E-state index < -0.39 is 33.2 Å². The van der Waals surface area contributed by atoms with Crippen molar-refractivity contribution >= 4 is 38.1 Å². The van der Waals surface area contributed by atoms with Gasteiger partial charge < -0.3 is 5.32 Å². The Morgan fingerprint density at radius 1 is 1.04 bits per heavy atom. The predicted molar refractivity (Wildman–Crippen MR) is 98.8 cm³/mol. The quantitative estimate of drug-likeness (QED) is 0.638. The largest absolute Gasteiger partial charge is 0.417 e. The maximum atomic E-state index is 13.0. The zero-order valence-corrected chi connectivity index (χ0v) is 15.5. The minimum atomic E-state index is -4.67. The second-order valence-corrected chi connectivity index (χ2v) is 8.04. The number of benzene rings is 2. The number of alkyl halides is 3. The van der Waals surface area contributed by atoms with Crippen molar-refractivity contribution in [1.29, 1.82) is 0 Å². The molecule has 2 N–H and O–H groups in total. The number of rotatable bonds is 5. The van der Waals surface area contributed by atoms with Gasteiger partial charge in [0.25, 0.3) is 15.9 Å². The number of carbonyl (C=O) groups excluding carboxylic acids is 1. The van der Waals surface area contributed by atoms with Crippen LogP contribution in [0.25, 0.3) is 0 Å². The number of aromatic nitrogens is 1. The number of carbonyl (C=O) groups is 1. The van der Waals surface area contributed by atoms with Crippen molar-refractivity contribution < 1.29 is 26.4 Å². The fourth-order valence-corrected chi connectivity index (χ4v) is 4.08. The molecule has 28 heavy (non-hydrogen) atoms. The summed E-state index contributed by atoms with van der Waals surface area (Å²) >= 11 is 1.11. The Balaban J connectivity index is 1.77. The van der Waals surface area contributed by atoms with Crippen LogP contribution in [-0.2, 0) is 16.2 Å². The maximum Gasteiger partial charge on any atom is 0.417 e. The van der Waals surface area contributed by atoms with E-state index in [4.69, 9.17) is 0 Å². The number of nitrogens with zero attached hydrogens (tertiary/aromatic N) is 1. The first-order valence-electron chi connectivity index (χ1n) is 7.67. The van der Waals surface area contributed by atoms with E-state index in [-0.39, 0.29) is 15.7 Å². The lowest BCUT2D eigenvalue weighted by Crippen LogP contribution is -2.18. The minimum Gasteiger partial charge on any atom is -0.322 e. The number of nitrogens with one attached hydrogen (secondary N) is 2. The number of hydrogen-bond acceptors (Lipinski definition) is 5. The van der Waals surface area contributed by atoms with Crippen LogP contribution in [0.2, 0.25) is 0 Å². The van der Waals surface area contributed by atoms with E-state index in [2.05, 4.69) is 15.0 Å². The van der Waals surface area contributed by atoms with Gasteiger partial charge in [-0.15, -0.1) is 11.3 Å². The van der Waals surface area contributed by atoms with Gasteiger partial charge in [0.05, 0.1) is 16.0 Å². The van der Waals surface area contributed by atoms with Crippen LogP contribution in [0, 0.1) is 0 Å². The summed E-state index contributed by atoms with van der Waals surface area (Å²) < 4.78 is 65.9. The Morgan fingerprint density at radius 2 is 1.71 bits per heavy atom. The van der Waals surface area contributed by atoms with Crippen molar-refractivity contribution in [2.45, 2.75) is 11.1 Å². The van der Waals surface area contributed by atoms with Crippen molar-refractivity contribution in [3.05, 3.63) is 71.2 Å². The lowest BCUT2D eigenvalue weighted by molar-refractivity contribution is -0.137. The number of anilines is 2. The smallest absolute Gasteiger partial charge is 0.322 e. The van der Waals surface area contributed by atoms with E-state index >= 15 is 0 Å². The van der Waals surface area contributed by atoms with Gasteiger partial charge in [0.15, 0.2) is 5.13 Å². The molecule has 0 unspecified atom stereocenters. The van der Waals surface area contributed by atoms with Crippen LogP contribution in [0.15, 0.2) is 65.0 Å². The molecule has 2 aromatic carbocycles. The fraction of sp³-hybridized carbons (Fsp3) is 0.0588. The summed E-state index contributed by atoms with van der Waals surface area (Å²) in [5.41, 5.74) is -1.44. The van der Waals surface area contributed by atoms with Crippen LogP contribution in [0.1, 0.15) is 15.9 Å². The number of sulfonamides is 1. The molecule has 1 amide bonds. The summed E-state index contributed by atoms with van der Waals surface area (Å²) in [4.78, 5) is 16.0. The summed E-state index contributed by atoms with van der Waals surface area (Å²) in [5.74, 6) is -0.954. The Kier molecular flexibility index (Phi) is 5.38. The van der Waals surface area contributed by atoms with Gasteiger partial charge in [-0.25, -0.2) is 13.4 Å². The van der Waals surface area contributed by atoms with Crippen molar-refractivity contribution in [2.75, 3.05) is 10.0 Å². The third kappa shape index (κ3) is 4.49. The second-order valence-electron chi connectivity index (χ2n) is 5.46. The SMILES string of the molecule is O=C(Nc1ccc(S(=O)(=O)Nc2nccs2)cc1)c1ccccc1C(F)(F)F. The van der Waals surface area contributed by atoms with E-state index in [1.807, 2.05) is 0 Å². The number of thiazole rings is 1. The molecule has 0 bridgehead atoms. The zero-order valence-electron chi connectivity index (χ0n) is 13.9. The predicted octanol–water partition coefficient (Wildman–Crippen LogP) is 4.22. The lowest BCUT2D eigenvalue weighted by atomic mass is 10.1. The van der Waals surface area contributed by atoms with E-state index in [9.17, 15) is 26.4 Å². The standard InChI is InChI=1S/C17H12F3N3O3S2/c18-17(19,20)14-4-2-1-3-13(14)15(24)22-11-5-7-12(8-6-11)28(25,26)23-16-21-9-10-27-16/h1-10H,(H,21,23)(H,22,24). The number of halogens is 3. The van der Waals surface area contributed by atoms with E-state index in [1.54, 1.807) is 5.38 Å². The molecule has 0 aliphatic carbocycles. The summed E-state index contributed by atoms with van der Waals surface area (Å²) in [6, 6.07) is 9.40. The highest BCUT2D eigenvalue weighted by Crippen LogP contribution is 2.32. The Labute approximate surface area is 162 Å². The molecule has 0 aliphatic heterocycles. The maximum absolute atomic E-state index is 13.0. The highest BCUT2D eigenvalue weighted by Gasteiger charge is 2.34. The molecular formula is C17H12F3N3O3S2. The Morgan fingerprint density at radius 3 is 2.32 bits per heavy atom. The van der Waals surface area contributed by atoms with Crippen molar-refractivity contribution in [3.8, 4) is 0 Å². The molecule has 0 spiro atoms. The van der Waals surface area contributed by atoms with Crippen LogP contribution in [0.4, 0.5) is 24.0 Å². The minimum absolute atomic E-state index is 0.0867. The summed E-state index contributed by atoms with van der Waals surface area (Å²) in [7, 11) is -3.87. The molecular weight excluding hydrogens is 415 g/mol. The van der Waals surface area contributed by atoms with E-state index in [0.717, 1.165) is 23.5 Å². The van der Waals surface area contributed by atoms with Gasteiger partial charge >= 0.3 is 6.18 Å².